The normalized spacial score (nSPS) is 43.2. The highest BCUT2D eigenvalue weighted by atomic mass is 16.4. The molecule has 0 aromatic carbocycles. The quantitative estimate of drug-likeness (QED) is 0.343. The van der Waals surface area contributed by atoms with Gasteiger partial charge in [0.15, 0.2) is 0 Å². The van der Waals surface area contributed by atoms with E-state index in [4.69, 9.17) is 5.11 Å². The molecule has 0 aromatic rings. The number of hydrogen-bond acceptors (Lipinski definition) is 2. The summed E-state index contributed by atoms with van der Waals surface area (Å²) in [6, 6.07) is 0. The van der Waals surface area contributed by atoms with Crippen LogP contribution in [0.2, 0.25) is 0 Å². The number of ketones is 1. The molecule has 0 radical (unpaired) electrons. The van der Waals surface area contributed by atoms with Gasteiger partial charge in [0.1, 0.15) is 5.78 Å². The van der Waals surface area contributed by atoms with E-state index in [2.05, 4.69) is 47.6 Å². The smallest absolute Gasteiger partial charge is 0.330 e. The van der Waals surface area contributed by atoms with Gasteiger partial charge in [0, 0.05) is 17.4 Å². The number of rotatable bonds is 5. The van der Waals surface area contributed by atoms with Crippen LogP contribution in [0.15, 0.2) is 23.3 Å². The molecule has 7 atom stereocenters. The molecule has 4 rings (SSSR count). The zero-order valence-corrected chi connectivity index (χ0v) is 22.1. The first-order valence-electron chi connectivity index (χ1n) is 13.4. The Balaban J connectivity index is 1.59. The third kappa shape index (κ3) is 3.50. The van der Waals surface area contributed by atoms with Crippen molar-refractivity contribution in [3.63, 3.8) is 0 Å². The number of aliphatic carboxylic acids is 1. The summed E-state index contributed by atoms with van der Waals surface area (Å²) >= 11 is 0. The highest BCUT2D eigenvalue weighted by Crippen LogP contribution is 2.73. The van der Waals surface area contributed by atoms with Crippen LogP contribution in [-0.2, 0) is 9.59 Å². The summed E-state index contributed by atoms with van der Waals surface area (Å²) < 4.78 is 0. The van der Waals surface area contributed by atoms with Crippen LogP contribution in [0.5, 0.6) is 0 Å². The lowest BCUT2D eigenvalue weighted by Gasteiger charge is -2.63. The third-order valence-electron chi connectivity index (χ3n) is 11.7. The molecule has 3 nitrogen and oxygen atoms in total. The number of carboxylic acids is 1. The van der Waals surface area contributed by atoms with Crippen LogP contribution in [0.4, 0.5) is 0 Å². The number of carboxylic acid groups (broad SMARTS) is 1. The van der Waals surface area contributed by atoms with Crippen LogP contribution in [0, 0.1) is 45.3 Å². The monoisotopic (exact) mass is 454 g/mol. The fourth-order valence-corrected chi connectivity index (χ4v) is 9.32. The van der Waals surface area contributed by atoms with E-state index in [1.54, 1.807) is 12.5 Å². The maximum absolute atomic E-state index is 12.8. The molecule has 3 saturated carbocycles. The minimum Gasteiger partial charge on any atom is -0.478 e. The molecular weight excluding hydrogens is 408 g/mol. The Morgan fingerprint density at radius 1 is 1.15 bits per heavy atom. The Bertz CT molecular complexity index is 894. The van der Waals surface area contributed by atoms with Gasteiger partial charge in [-0.25, -0.2) is 4.79 Å². The number of carbonyl (C=O) groups is 2. The van der Waals surface area contributed by atoms with Gasteiger partial charge >= 0.3 is 5.97 Å². The predicted molar refractivity (Wildman–Crippen MR) is 134 cm³/mol. The molecule has 6 unspecified atom stereocenters. The average molecular weight is 455 g/mol. The van der Waals surface area contributed by atoms with Crippen molar-refractivity contribution in [3.8, 4) is 0 Å². The lowest BCUT2D eigenvalue weighted by molar-refractivity contribution is -0.146. The molecule has 0 heterocycles. The van der Waals surface area contributed by atoms with Crippen LogP contribution in [0.1, 0.15) is 106 Å². The molecule has 1 N–H and O–H groups in total. The minimum atomic E-state index is -0.801. The molecule has 0 bridgehead atoms. The number of fused-ring (bicyclic) bond motifs is 5. The van der Waals surface area contributed by atoms with E-state index in [0.29, 0.717) is 40.4 Å². The van der Waals surface area contributed by atoms with Gasteiger partial charge in [0.2, 0.25) is 0 Å². The maximum atomic E-state index is 12.8. The van der Waals surface area contributed by atoms with Crippen LogP contribution < -0.4 is 0 Å². The van der Waals surface area contributed by atoms with E-state index >= 15 is 0 Å². The van der Waals surface area contributed by atoms with E-state index in [1.165, 1.54) is 25.7 Å². The Morgan fingerprint density at radius 2 is 1.85 bits per heavy atom. The number of hydrogen-bond donors (Lipinski definition) is 1. The molecule has 33 heavy (non-hydrogen) atoms. The molecule has 0 amide bonds. The van der Waals surface area contributed by atoms with E-state index in [0.717, 1.165) is 32.1 Å². The van der Waals surface area contributed by atoms with Gasteiger partial charge < -0.3 is 5.11 Å². The molecule has 0 aliphatic heterocycles. The largest absolute Gasteiger partial charge is 0.478 e. The highest BCUT2D eigenvalue weighted by molar-refractivity contribution is 5.86. The highest BCUT2D eigenvalue weighted by Gasteiger charge is 2.65. The van der Waals surface area contributed by atoms with Crippen molar-refractivity contribution in [2.24, 2.45) is 45.3 Å². The molecule has 3 fully saturated rings. The first-order chi connectivity index (χ1) is 15.3. The Labute approximate surface area is 201 Å². The fraction of sp³-hybridized carbons (Fsp3) is 0.800. The van der Waals surface area contributed by atoms with E-state index in [9.17, 15) is 9.59 Å². The van der Waals surface area contributed by atoms with E-state index in [-0.39, 0.29) is 16.2 Å². The molecule has 4 aliphatic rings. The van der Waals surface area contributed by atoms with Gasteiger partial charge in [-0.2, -0.15) is 0 Å². The summed E-state index contributed by atoms with van der Waals surface area (Å²) in [4.78, 5) is 23.9. The van der Waals surface area contributed by atoms with Gasteiger partial charge in [0.05, 0.1) is 0 Å². The van der Waals surface area contributed by atoms with Crippen LogP contribution in [-0.4, -0.2) is 16.9 Å². The van der Waals surface area contributed by atoms with Crippen molar-refractivity contribution in [3.05, 3.63) is 23.3 Å². The fourth-order valence-electron chi connectivity index (χ4n) is 9.32. The standard InChI is InChI=1S/C30H46O3/c1-19(9-8-10-20(2)26(32)33)21-13-17-30(7)23-11-12-24-27(3,4)25(31)15-16-28(24,5)22(23)14-18-29(21,30)6/h10-11,19,21-22,24H,8-9,12-18H2,1-7H3,(H,32,33)/b20-10-/t19?,21?,22?,24?,28?,29-,30?/m0/s1. The molecular formula is C30H46O3. The maximum Gasteiger partial charge on any atom is 0.330 e. The molecule has 0 aromatic heterocycles. The summed E-state index contributed by atoms with van der Waals surface area (Å²) in [6.07, 6.45) is 14.4. The van der Waals surface area contributed by atoms with Crippen molar-refractivity contribution in [1.82, 2.24) is 0 Å². The zero-order chi connectivity index (χ0) is 24.4. The number of allylic oxidation sites excluding steroid dienone is 3. The summed E-state index contributed by atoms with van der Waals surface area (Å²) in [6.45, 7) is 16.2. The zero-order valence-electron chi connectivity index (χ0n) is 22.1. The van der Waals surface area contributed by atoms with Gasteiger partial charge in [-0.05, 0) is 98.2 Å². The Kier molecular flexibility index (Phi) is 6.07. The van der Waals surface area contributed by atoms with Gasteiger partial charge in [-0.1, -0.05) is 59.3 Å². The topological polar surface area (TPSA) is 54.4 Å². The second-order valence-electron chi connectivity index (χ2n) is 13.3. The first kappa shape index (κ1) is 24.7. The Morgan fingerprint density at radius 3 is 2.52 bits per heavy atom. The molecule has 0 saturated heterocycles. The van der Waals surface area contributed by atoms with Crippen LogP contribution >= 0.6 is 0 Å². The van der Waals surface area contributed by atoms with Crippen molar-refractivity contribution < 1.29 is 14.7 Å². The summed E-state index contributed by atoms with van der Waals surface area (Å²) in [5, 5.41) is 9.16. The van der Waals surface area contributed by atoms with Gasteiger partial charge in [-0.15, -0.1) is 0 Å². The van der Waals surface area contributed by atoms with Crippen molar-refractivity contribution in [2.45, 2.75) is 106 Å². The van der Waals surface area contributed by atoms with Crippen molar-refractivity contribution in [1.29, 1.82) is 0 Å². The molecule has 184 valence electrons. The molecule has 3 heteroatoms. The summed E-state index contributed by atoms with van der Waals surface area (Å²) in [5.74, 6) is 2.05. The molecule has 0 spiro atoms. The lowest BCUT2D eigenvalue weighted by atomic mass is 9.41. The van der Waals surface area contributed by atoms with Crippen LogP contribution in [0.3, 0.4) is 0 Å². The van der Waals surface area contributed by atoms with Crippen molar-refractivity contribution >= 4 is 11.8 Å². The van der Waals surface area contributed by atoms with Crippen molar-refractivity contribution in [2.75, 3.05) is 0 Å². The second kappa shape index (κ2) is 8.09. The first-order valence-corrected chi connectivity index (χ1v) is 13.4. The van der Waals surface area contributed by atoms with Gasteiger partial charge in [0.25, 0.3) is 0 Å². The van der Waals surface area contributed by atoms with E-state index in [1.807, 2.05) is 6.08 Å². The van der Waals surface area contributed by atoms with E-state index < -0.39 is 5.97 Å². The number of Topliss-reactive ketones (excluding diaryl/α,β-unsaturated/α-hetero) is 1. The Hall–Kier alpha value is -1.38. The summed E-state index contributed by atoms with van der Waals surface area (Å²) in [5.41, 5.74) is 2.80. The third-order valence-corrected chi connectivity index (χ3v) is 11.7. The SMILES string of the molecule is C/C(=C/CCC(C)C1CCC2(C)C3=CCC4C(C)(C)C(=O)CCC4(C)C3CC[C@@]12C)C(=O)O. The molecule has 4 aliphatic carbocycles. The second-order valence-corrected chi connectivity index (χ2v) is 13.3. The average Bonchev–Trinajstić information content (AvgIpc) is 3.02. The summed E-state index contributed by atoms with van der Waals surface area (Å²) in [7, 11) is 0. The predicted octanol–water partition coefficient (Wildman–Crippen LogP) is 7.61. The minimum absolute atomic E-state index is 0.203. The lowest BCUT2D eigenvalue weighted by Crippen LogP contribution is -2.57. The number of carbonyl (C=O) groups excluding carboxylic acids is 1. The van der Waals surface area contributed by atoms with Crippen LogP contribution in [0.25, 0.3) is 0 Å². The van der Waals surface area contributed by atoms with Gasteiger partial charge in [-0.3, -0.25) is 4.79 Å².